The van der Waals surface area contributed by atoms with Crippen LogP contribution in [0.4, 0.5) is 0 Å². The fourth-order valence-electron chi connectivity index (χ4n) is 7.23. The molecule has 0 aliphatic rings. The van der Waals surface area contributed by atoms with Gasteiger partial charge in [-0.25, -0.2) is 15.0 Å². The molecule has 2 aromatic heterocycles. The van der Waals surface area contributed by atoms with E-state index in [9.17, 15) is 0 Å². The second kappa shape index (κ2) is 11.0. The first-order valence-electron chi connectivity index (χ1n) is 16.4. The number of benzene rings is 8. The van der Waals surface area contributed by atoms with Crippen LogP contribution < -0.4 is 0 Å². The average Bonchev–Trinajstić information content (AvgIpc) is 3.56. The minimum absolute atomic E-state index is 0.609. The third-order valence-electron chi connectivity index (χ3n) is 9.51. The maximum Gasteiger partial charge on any atom is 0.164 e. The van der Waals surface area contributed by atoms with Crippen molar-refractivity contribution in [3.05, 3.63) is 164 Å². The monoisotopic (exact) mass is 625 g/mol. The fraction of sp³-hybridized carbons (Fsp3) is 0. The number of furan rings is 1. The zero-order valence-electron chi connectivity index (χ0n) is 26.3. The van der Waals surface area contributed by atoms with Crippen LogP contribution in [0.3, 0.4) is 0 Å². The van der Waals surface area contributed by atoms with Gasteiger partial charge in [-0.1, -0.05) is 146 Å². The molecule has 49 heavy (non-hydrogen) atoms. The molecule has 10 aromatic rings. The van der Waals surface area contributed by atoms with Crippen molar-refractivity contribution in [3.63, 3.8) is 0 Å². The summed E-state index contributed by atoms with van der Waals surface area (Å²) in [6.45, 7) is 0. The van der Waals surface area contributed by atoms with E-state index in [-0.39, 0.29) is 0 Å². The molecule has 8 aromatic carbocycles. The Balaban J connectivity index is 1.17. The number of fused-ring (bicyclic) bond motifs is 8. The number of hydrogen-bond acceptors (Lipinski definition) is 4. The molecule has 0 saturated carbocycles. The smallest absolute Gasteiger partial charge is 0.164 e. The van der Waals surface area contributed by atoms with Crippen LogP contribution in [0.1, 0.15) is 0 Å². The van der Waals surface area contributed by atoms with Gasteiger partial charge in [-0.2, -0.15) is 0 Å². The second-order valence-electron chi connectivity index (χ2n) is 12.4. The average molecular weight is 626 g/mol. The van der Waals surface area contributed by atoms with Crippen molar-refractivity contribution in [2.45, 2.75) is 0 Å². The zero-order valence-corrected chi connectivity index (χ0v) is 26.3. The van der Waals surface area contributed by atoms with Gasteiger partial charge in [0.05, 0.1) is 0 Å². The standard InChI is InChI=1S/C45H27N3O/c1-3-12-30(13-4-1)43-46-44(31-14-5-2-6-15-31)48-45(47-43)38-19-10-20-39-42(38)37-26-23-32(27-40(37)49-39)34-18-9-16-29-22-24-35-33-17-8-7-11-28(33)21-25-36(35)41(29)34/h1-27H. The molecule has 0 N–H and O–H groups in total. The summed E-state index contributed by atoms with van der Waals surface area (Å²) in [7, 11) is 0. The highest BCUT2D eigenvalue weighted by Gasteiger charge is 2.19. The molecule has 0 amide bonds. The Labute approximate surface area is 282 Å². The number of nitrogens with zero attached hydrogens (tertiary/aromatic N) is 3. The lowest BCUT2D eigenvalue weighted by atomic mass is 9.91. The van der Waals surface area contributed by atoms with Crippen molar-refractivity contribution >= 4 is 54.3 Å². The first kappa shape index (κ1) is 27.5. The minimum atomic E-state index is 0.609. The van der Waals surface area contributed by atoms with Gasteiger partial charge in [0.2, 0.25) is 0 Å². The summed E-state index contributed by atoms with van der Waals surface area (Å²) < 4.78 is 6.59. The summed E-state index contributed by atoms with van der Waals surface area (Å²) in [6, 6.07) is 56.9. The fourth-order valence-corrected chi connectivity index (χ4v) is 7.23. The topological polar surface area (TPSA) is 51.8 Å². The van der Waals surface area contributed by atoms with Gasteiger partial charge in [0.1, 0.15) is 11.2 Å². The van der Waals surface area contributed by atoms with E-state index >= 15 is 0 Å². The maximum atomic E-state index is 6.59. The highest BCUT2D eigenvalue weighted by atomic mass is 16.3. The first-order chi connectivity index (χ1) is 24.3. The van der Waals surface area contributed by atoms with Crippen molar-refractivity contribution in [1.29, 1.82) is 0 Å². The molecule has 0 fully saturated rings. The predicted octanol–water partition coefficient (Wildman–Crippen LogP) is 11.9. The molecule has 0 unspecified atom stereocenters. The van der Waals surface area contributed by atoms with Gasteiger partial charge < -0.3 is 4.42 Å². The molecule has 0 spiro atoms. The van der Waals surface area contributed by atoms with Crippen LogP contribution in [0.15, 0.2) is 168 Å². The van der Waals surface area contributed by atoms with Gasteiger partial charge in [0.25, 0.3) is 0 Å². The van der Waals surface area contributed by atoms with Gasteiger partial charge in [-0.3, -0.25) is 0 Å². The Morgan fingerprint density at radius 2 is 0.939 bits per heavy atom. The summed E-state index contributed by atoms with van der Waals surface area (Å²) >= 11 is 0. The van der Waals surface area contributed by atoms with Crippen molar-refractivity contribution < 1.29 is 4.42 Å². The molecule has 0 bridgehead atoms. The molecular weight excluding hydrogens is 599 g/mol. The summed E-state index contributed by atoms with van der Waals surface area (Å²) in [5.74, 6) is 1.87. The minimum Gasteiger partial charge on any atom is -0.456 e. The van der Waals surface area contributed by atoms with Gasteiger partial charge >= 0.3 is 0 Å². The Morgan fingerprint density at radius 1 is 0.327 bits per heavy atom. The summed E-state index contributed by atoms with van der Waals surface area (Å²) in [5, 5.41) is 9.49. The van der Waals surface area contributed by atoms with Crippen LogP contribution in [-0.2, 0) is 0 Å². The Hall–Kier alpha value is -6.65. The highest BCUT2D eigenvalue weighted by molar-refractivity contribution is 6.21. The SMILES string of the molecule is c1ccc(-c2nc(-c3ccccc3)nc(-c3cccc4oc5cc(-c6cccc7ccc8c9ccccc9ccc8c67)ccc5c34)n2)cc1. The normalized spacial score (nSPS) is 11.7. The number of rotatable bonds is 4. The molecule has 10 rings (SSSR count). The predicted molar refractivity (Wildman–Crippen MR) is 201 cm³/mol. The van der Waals surface area contributed by atoms with Crippen molar-refractivity contribution in [2.24, 2.45) is 0 Å². The van der Waals surface area contributed by atoms with Gasteiger partial charge in [-0.15, -0.1) is 0 Å². The van der Waals surface area contributed by atoms with E-state index in [2.05, 4.69) is 91.0 Å². The Bertz CT molecular complexity index is 2820. The molecule has 0 radical (unpaired) electrons. The van der Waals surface area contributed by atoms with E-state index < -0.39 is 0 Å². The third-order valence-corrected chi connectivity index (χ3v) is 9.51. The van der Waals surface area contributed by atoms with Crippen LogP contribution in [0.5, 0.6) is 0 Å². The van der Waals surface area contributed by atoms with Crippen LogP contribution >= 0.6 is 0 Å². The molecule has 228 valence electrons. The van der Waals surface area contributed by atoms with Gasteiger partial charge in [-0.05, 0) is 61.6 Å². The Morgan fingerprint density at radius 3 is 1.73 bits per heavy atom. The van der Waals surface area contributed by atoms with Gasteiger partial charge in [0, 0.05) is 27.5 Å². The molecule has 4 nitrogen and oxygen atoms in total. The van der Waals surface area contributed by atoms with E-state index in [1.54, 1.807) is 0 Å². The van der Waals surface area contributed by atoms with Crippen LogP contribution in [0.25, 0.3) is 99.5 Å². The molecule has 4 heteroatoms. The molecule has 0 atom stereocenters. The molecular formula is C45H27N3O. The molecule has 0 aliphatic carbocycles. The first-order valence-corrected chi connectivity index (χ1v) is 16.4. The second-order valence-corrected chi connectivity index (χ2v) is 12.4. The van der Waals surface area contributed by atoms with Crippen LogP contribution in [0, 0.1) is 0 Å². The van der Waals surface area contributed by atoms with Crippen molar-refractivity contribution in [3.8, 4) is 45.3 Å². The number of hydrogen-bond donors (Lipinski definition) is 0. The highest BCUT2D eigenvalue weighted by Crippen LogP contribution is 2.41. The van der Waals surface area contributed by atoms with E-state index in [1.807, 2.05) is 72.8 Å². The quantitative estimate of drug-likeness (QED) is 0.183. The third kappa shape index (κ3) is 4.49. The lowest BCUT2D eigenvalue weighted by Gasteiger charge is -2.12. The zero-order chi connectivity index (χ0) is 32.3. The van der Waals surface area contributed by atoms with Crippen LogP contribution in [-0.4, -0.2) is 15.0 Å². The summed E-state index contributed by atoms with van der Waals surface area (Å²) in [6.07, 6.45) is 0. The van der Waals surface area contributed by atoms with E-state index in [0.717, 1.165) is 44.2 Å². The lowest BCUT2D eigenvalue weighted by molar-refractivity contribution is 0.669. The van der Waals surface area contributed by atoms with E-state index in [1.165, 1.54) is 37.9 Å². The molecule has 2 heterocycles. The largest absolute Gasteiger partial charge is 0.456 e. The van der Waals surface area contributed by atoms with E-state index in [0.29, 0.717) is 17.5 Å². The molecule has 0 saturated heterocycles. The molecule has 0 aliphatic heterocycles. The summed E-state index contributed by atoms with van der Waals surface area (Å²) in [4.78, 5) is 14.9. The number of aromatic nitrogens is 3. The lowest BCUT2D eigenvalue weighted by Crippen LogP contribution is -2.00. The van der Waals surface area contributed by atoms with Crippen molar-refractivity contribution in [2.75, 3.05) is 0 Å². The maximum absolute atomic E-state index is 6.59. The van der Waals surface area contributed by atoms with Crippen molar-refractivity contribution in [1.82, 2.24) is 15.0 Å². The van der Waals surface area contributed by atoms with Gasteiger partial charge in [0.15, 0.2) is 17.5 Å². The van der Waals surface area contributed by atoms with E-state index in [4.69, 9.17) is 19.4 Å². The Kier molecular flexibility index (Phi) is 6.15. The van der Waals surface area contributed by atoms with Crippen LogP contribution in [0.2, 0.25) is 0 Å². The summed E-state index contributed by atoms with van der Waals surface area (Å²) in [5.41, 5.74) is 6.69.